The summed E-state index contributed by atoms with van der Waals surface area (Å²) in [7, 11) is 0. The SMILES string of the molecule is Cc1cc(C)cc(C(=O)Nc2cccc(-c3cn4cccc(C)c4n3)c2)c1. The molecule has 4 aromatic rings. The van der Waals surface area contributed by atoms with E-state index < -0.39 is 0 Å². The summed E-state index contributed by atoms with van der Waals surface area (Å²) in [5, 5.41) is 2.99. The van der Waals surface area contributed by atoms with Crippen LogP contribution < -0.4 is 5.32 Å². The van der Waals surface area contributed by atoms with Gasteiger partial charge in [-0.25, -0.2) is 4.98 Å². The predicted molar refractivity (Wildman–Crippen MR) is 109 cm³/mol. The summed E-state index contributed by atoms with van der Waals surface area (Å²) in [6.45, 7) is 6.04. The molecule has 0 spiro atoms. The number of hydrogen-bond acceptors (Lipinski definition) is 2. The molecule has 0 aliphatic carbocycles. The van der Waals surface area contributed by atoms with Gasteiger partial charge in [0, 0.05) is 29.2 Å². The van der Waals surface area contributed by atoms with Crippen molar-refractivity contribution in [1.29, 1.82) is 0 Å². The standard InChI is InChI=1S/C23H21N3O/c1-15-10-16(2)12-19(11-15)23(27)24-20-8-4-7-18(13-20)21-14-26-9-5-6-17(3)22(26)25-21/h4-14H,1-3H3,(H,24,27). The zero-order chi connectivity index (χ0) is 19.0. The van der Waals surface area contributed by atoms with Crippen molar-refractivity contribution in [2.75, 3.05) is 5.32 Å². The average Bonchev–Trinajstić information content (AvgIpc) is 3.07. The number of benzene rings is 2. The zero-order valence-electron chi connectivity index (χ0n) is 15.7. The van der Waals surface area contributed by atoms with Gasteiger partial charge < -0.3 is 9.72 Å². The van der Waals surface area contributed by atoms with Gasteiger partial charge in [0.05, 0.1) is 5.69 Å². The van der Waals surface area contributed by atoms with E-state index in [1.807, 2.05) is 86.1 Å². The third kappa shape index (κ3) is 3.47. The van der Waals surface area contributed by atoms with Gasteiger partial charge in [0.25, 0.3) is 5.91 Å². The van der Waals surface area contributed by atoms with E-state index in [0.29, 0.717) is 5.56 Å². The minimum atomic E-state index is -0.107. The Balaban J connectivity index is 1.63. The Morgan fingerprint density at radius 3 is 2.48 bits per heavy atom. The fourth-order valence-electron chi connectivity index (χ4n) is 3.36. The molecule has 0 bridgehead atoms. The maximum Gasteiger partial charge on any atom is 0.255 e. The summed E-state index contributed by atoms with van der Waals surface area (Å²) in [6.07, 6.45) is 4.00. The van der Waals surface area contributed by atoms with Crippen LogP contribution >= 0.6 is 0 Å². The number of rotatable bonds is 3. The Bertz CT molecular complexity index is 1140. The van der Waals surface area contributed by atoms with Gasteiger partial charge in [-0.1, -0.05) is 35.4 Å². The molecule has 2 heterocycles. The number of pyridine rings is 1. The Morgan fingerprint density at radius 1 is 0.963 bits per heavy atom. The first-order valence-corrected chi connectivity index (χ1v) is 8.94. The van der Waals surface area contributed by atoms with Gasteiger partial charge in [-0.2, -0.15) is 0 Å². The number of anilines is 1. The molecule has 0 saturated heterocycles. The van der Waals surface area contributed by atoms with Crippen LogP contribution in [-0.2, 0) is 0 Å². The molecule has 0 aliphatic heterocycles. The second-order valence-corrected chi connectivity index (χ2v) is 6.96. The molecule has 0 fully saturated rings. The molecule has 4 nitrogen and oxygen atoms in total. The average molecular weight is 355 g/mol. The van der Waals surface area contributed by atoms with E-state index >= 15 is 0 Å². The van der Waals surface area contributed by atoms with E-state index in [2.05, 4.69) is 11.4 Å². The van der Waals surface area contributed by atoms with Gasteiger partial charge in [-0.3, -0.25) is 4.79 Å². The largest absolute Gasteiger partial charge is 0.322 e. The fraction of sp³-hybridized carbons (Fsp3) is 0.130. The van der Waals surface area contributed by atoms with Crippen molar-refractivity contribution in [3.8, 4) is 11.3 Å². The summed E-state index contributed by atoms with van der Waals surface area (Å²) >= 11 is 0. The number of carbonyl (C=O) groups excluding carboxylic acids is 1. The van der Waals surface area contributed by atoms with Crippen molar-refractivity contribution in [2.45, 2.75) is 20.8 Å². The first kappa shape index (κ1) is 17.0. The van der Waals surface area contributed by atoms with Crippen LogP contribution in [0.1, 0.15) is 27.0 Å². The van der Waals surface area contributed by atoms with E-state index in [1.165, 1.54) is 0 Å². The van der Waals surface area contributed by atoms with E-state index in [4.69, 9.17) is 4.98 Å². The minimum Gasteiger partial charge on any atom is -0.322 e. The van der Waals surface area contributed by atoms with Gasteiger partial charge in [-0.05, 0) is 56.7 Å². The highest BCUT2D eigenvalue weighted by atomic mass is 16.1. The van der Waals surface area contributed by atoms with Crippen molar-refractivity contribution >= 4 is 17.2 Å². The van der Waals surface area contributed by atoms with Gasteiger partial charge in [0.15, 0.2) is 0 Å². The van der Waals surface area contributed by atoms with Crippen LogP contribution in [0, 0.1) is 20.8 Å². The predicted octanol–water partition coefficient (Wildman–Crippen LogP) is 5.18. The number of carbonyl (C=O) groups is 1. The lowest BCUT2D eigenvalue weighted by Crippen LogP contribution is -2.12. The molecule has 2 aromatic heterocycles. The molecule has 2 aromatic carbocycles. The van der Waals surface area contributed by atoms with Gasteiger partial charge in [-0.15, -0.1) is 0 Å². The number of aromatic nitrogens is 2. The van der Waals surface area contributed by atoms with Crippen molar-refractivity contribution in [2.24, 2.45) is 0 Å². The first-order valence-electron chi connectivity index (χ1n) is 8.94. The third-order valence-corrected chi connectivity index (χ3v) is 4.58. The normalized spacial score (nSPS) is 10.9. The summed E-state index contributed by atoms with van der Waals surface area (Å²) in [4.78, 5) is 17.4. The van der Waals surface area contributed by atoms with Crippen LogP contribution in [0.2, 0.25) is 0 Å². The van der Waals surface area contributed by atoms with Crippen LogP contribution in [0.5, 0.6) is 0 Å². The lowest BCUT2D eigenvalue weighted by molar-refractivity contribution is 0.102. The first-order chi connectivity index (χ1) is 13.0. The number of nitrogens with one attached hydrogen (secondary N) is 1. The molecule has 4 heteroatoms. The van der Waals surface area contributed by atoms with E-state index in [9.17, 15) is 4.79 Å². The molecule has 27 heavy (non-hydrogen) atoms. The lowest BCUT2D eigenvalue weighted by atomic mass is 10.1. The number of aryl methyl sites for hydroxylation is 3. The summed E-state index contributed by atoms with van der Waals surface area (Å²) in [5.41, 5.74) is 7.50. The van der Waals surface area contributed by atoms with Crippen LogP contribution in [-0.4, -0.2) is 15.3 Å². The van der Waals surface area contributed by atoms with Crippen molar-refractivity contribution in [3.63, 3.8) is 0 Å². The highest BCUT2D eigenvalue weighted by Crippen LogP contribution is 2.24. The monoisotopic (exact) mass is 355 g/mol. The smallest absolute Gasteiger partial charge is 0.255 e. The molecule has 0 aliphatic rings. The molecule has 0 unspecified atom stereocenters. The van der Waals surface area contributed by atoms with E-state index in [-0.39, 0.29) is 5.91 Å². The van der Waals surface area contributed by atoms with Gasteiger partial charge in [0.1, 0.15) is 5.65 Å². The van der Waals surface area contributed by atoms with Crippen molar-refractivity contribution in [3.05, 3.63) is 89.2 Å². The highest BCUT2D eigenvalue weighted by molar-refractivity contribution is 6.04. The summed E-state index contributed by atoms with van der Waals surface area (Å²) in [5.74, 6) is -0.107. The Kier molecular flexibility index (Phi) is 4.24. The van der Waals surface area contributed by atoms with E-state index in [1.54, 1.807) is 0 Å². The molecule has 0 radical (unpaired) electrons. The summed E-state index contributed by atoms with van der Waals surface area (Å²) < 4.78 is 2.02. The molecular weight excluding hydrogens is 334 g/mol. The molecular formula is C23H21N3O. The Labute approximate surface area is 158 Å². The summed E-state index contributed by atoms with van der Waals surface area (Å²) in [6, 6.07) is 17.7. The van der Waals surface area contributed by atoms with Crippen molar-refractivity contribution in [1.82, 2.24) is 9.38 Å². The van der Waals surface area contributed by atoms with Crippen LogP contribution in [0.4, 0.5) is 5.69 Å². The third-order valence-electron chi connectivity index (χ3n) is 4.58. The topological polar surface area (TPSA) is 46.4 Å². The van der Waals surface area contributed by atoms with Crippen LogP contribution in [0.15, 0.2) is 67.0 Å². The Hall–Kier alpha value is -3.40. The maximum atomic E-state index is 12.6. The molecule has 134 valence electrons. The molecule has 1 amide bonds. The second-order valence-electron chi connectivity index (χ2n) is 6.96. The van der Waals surface area contributed by atoms with Crippen LogP contribution in [0.25, 0.3) is 16.9 Å². The lowest BCUT2D eigenvalue weighted by Gasteiger charge is -2.08. The fourth-order valence-corrected chi connectivity index (χ4v) is 3.36. The number of amides is 1. The van der Waals surface area contributed by atoms with Gasteiger partial charge >= 0.3 is 0 Å². The molecule has 4 rings (SSSR count). The van der Waals surface area contributed by atoms with Gasteiger partial charge in [0.2, 0.25) is 0 Å². The number of imidazole rings is 1. The number of fused-ring (bicyclic) bond motifs is 1. The number of nitrogens with zero attached hydrogens (tertiary/aromatic N) is 2. The quantitative estimate of drug-likeness (QED) is 0.550. The highest BCUT2D eigenvalue weighted by Gasteiger charge is 2.10. The number of hydrogen-bond donors (Lipinski definition) is 1. The Morgan fingerprint density at radius 2 is 1.74 bits per heavy atom. The van der Waals surface area contributed by atoms with Crippen LogP contribution in [0.3, 0.4) is 0 Å². The zero-order valence-corrected chi connectivity index (χ0v) is 15.7. The van der Waals surface area contributed by atoms with E-state index in [0.717, 1.165) is 39.3 Å². The maximum absolute atomic E-state index is 12.6. The molecule has 0 atom stereocenters. The molecule has 0 saturated carbocycles. The minimum absolute atomic E-state index is 0.107. The van der Waals surface area contributed by atoms with Crippen molar-refractivity contribution < 1.29 is 4.79 Å². The molecule has 1 N–H and O–H groups in total. The second kappa shape index (κ2) is 6.72.